The van der Waals surface area contributed by atoms with Gasteiger partial charge in [-0.05, 0) is 13.8 Å². The van der Waals surface area contributed by atoms with Gasteiger partial charge >= 0.3 is 12.0 Å². The van der Waals surface area contributed by atoms with E-state index in [1.54, 1.807) is 13.8 Å². The Morgan fingerprint density at radius 3 is 2.33 bits per heavy atom. The van der Waals surface area contributed by atoms with E-state index in [2.05, 4.69) is 16.6 Å². The number of nitrogens with one attached hydrogen (secondary N) is 2. The van der Waals surface area contributed by atoms with Gasteiger partial charge in [0.1, 0.15) is 0 Å². The van der Waals surface area contributed by atoms with E-state index in [1.807, 2.05) is 0 Å². The van der Waals surface area contributed by atoms with Gasteiger partial charge in [0.05, 0.1) is 6.42 Å². The Balaban J connectivity index is 3.83. The molecule has 84 valence electrons. The molecule has 0 aliphatic carbocycles. The Hall–Kier alpha value is -1.70. The standard InChI is InChI=1S/C10H16N2O3/c1-4-5-7(2)11-10(15)12-8(3)6-9(13)14/h1,7-8H,5-6H2,2-3H3,(H,13,14)(H2,11,12,15). The van der Waals surface area contributed by atoms with E-state index in [0.717, 1.165) is 0 Å². The summed E-state index contributed by atoms with van der Waals surface area (Å²) in [5.41, 5.74) is 0. The molecular weight excluding hydrogens is 196 g/mol. The molecule has 0 saturated carbocycles. The SMILES string of the molecule is C#CCC(C)NC(=O)NC(C)CC(=O)O. The number of hydrogen-bond acceptors (Lipinski definition) is 2. The third kappa shape index (κ3) is 7.38. The summed E-state index contributed by atoms with van der Waals surface area (Å²) in [5.74, 6) is 1.48. The molecule has 0 heterocycles. The molecule has 0 aromatic heterocycles. The van der Waals surface area contributed by atoms with Crippen molar-refractivity contribution in [1.82, 2.24) is 10.6 Å². The maximum absolute atomic E-state index is 11.2. The van der Waals surface area contributed by atoms with E-state index in [-0.39, 0.29) is 12.5 Å². The van der Waals surface area contributed by atoms with Crippen LogP contribution < -0.4 is 10.6 Å². The molecule has 0 aliphatic rings. The second-order valence-corrected chi connectivity index (χ2v) is 3.43. The molecule has 0 aromatic rings. The second kappa shape index (κ2) is 6.71. The Labute approximate surface area is 89.2 Å². The van der Waals surface area contributed by atoms with Gasteiger partial charge in [-0.2, -0.15) is 0 Å². The number of carbonyl (C=O) groups is 2. The van der Waals surface area contributed by atoms with Gasteiger partial charge in [-0.15, -0.1) is 12.3 Å². The molecule has 0 aliphatic heterocycles. The molecule has 15 heavy (non-hydrogen) atoms. The number of carboxylic acid groups (broad SMARTS) is 1. The Bertz CT molecular complexity index is 270. The van der Waals surface area contributed by atoms with Crippen LogP contribution in [-0.4, -0.2) is 29.2 Å². The van der Waals surface area contributed by atoms with Crippen LogP contribution in [0.25, 0.3) is 0 Å². The van der Waals surface area contributed by atoms with Crippen LogP contribution in [0, 0.1) is 12.3 Å². The van der Waals surface area contributed by atoms with Gasteiger partial charge in [0, 0.05) is 18.5 Å². The van der Waals surface area contributed by atoms with E-state index in [1.165, 1.54) is 0 Å². The molecule has 5 heteroatoms. The lowest BCUT2D eigenvalue weighted by atomic mass is 10.2. The summed E-state index contributed by atoms with van der Waals surface area (Å²) >= 11 is 0. The van der Waals surface area contributed by atoms with Crippen molar-refractivity contribution >= 4 is 12.0 Å². The molecule has 0 rings (SSSR count). The molecule has 2 amide bonds. The lowest BCUT2D eigenvalue weighted by Gasteiger charge is -2.15. The van der Waals surface area contributed by atoms with Gasteiger partial charge in [-0.3, -0.25) is 4.79 Å². The number of terminal acetylenes is 1. The molecule has 0 fully saturated rings. The van der Waals surface area contributed by atoms with Crippen molar-refractivity contribution in [2.75, 3.05) is 0 Å². The van der Waals surface area contributed by atoms with Gasteiger partial charge in [0.15, 0.2) is 0 Å². The zero-order chi connectivity index (χ0) is 11.8. The monoisotopic (exact) mass is 212 g/mol. The number of amides is 2. The van der Waals surface area contributed by atoms with Crippen molar-refractivity contribution in [3.05, 3.63) is 0 Å². The van der Waals surface area contributed by atoms with Gasteiger partial charge in [0.2, 0.25) is 0 Å². The average molecular weight is 212 g/mol. The van der Waals surface area contributed by atoms with Crippen molar-refractivity contribution in [3.63, 3.8) is 0 Å². The predicted octanol–water partition coefficient (Wildman–Crippen LogP) is 0.561. The number of aliphatic carboxylic acids is 1. The van der Waals surface area contributed by atoms with Crippen LogP contribution in [0.2, 0.25) is 0 Å². The summed E-state index contributed by atoms with van der Waals surface area (Å²) in [4.78, 5) is 21.6. The minimum absolute atomic E-state index is 0.100. The highest BCUT2D eigenvalue weighted by Crippen LogP contribution is 1.92. The summed E-state index contributed by atoms with van der Waals surface area (Å²) < 4.78 is 0. The molecule has 0 aromatic carbocycles. The number of urea groups is 1. The van der Waals surface area contributed by atoms with E-state index in [4.69, 9.17) is 11.5 Å². The highest BCUT2D eigenvalue weighted by atomic mass is 16.4. The fourth-order valence-corrected chi connectivity index (χ4v) is 1.03. The molecule has 5 nitrogen and oxygen atoms in total. The molecule has 0 radical (unpaired) electrons. The second-order valence-electron chi connectivity index (χ2n) is 3.43. The van der Waals surface area contributed by atoms with Crippen LogP contribution in [0.15, 0.2) is 0 Å². The third-order valence-electron chi connectivity index (χ3n) is 1.66. The van der Waals surface area contributed by atoms with Gasteiger partial charge in [-0.1, -0.05) is 0 Å². The van der Waals surface area contributed by atoms with Crippen LogP contribution in [-0.2, 0) is 4.79 Å². The van der Waals surface area contributed by atoms with E-state index in [9.17, 15) is 9.59 Å². The maximum Gasteiger partial charge on any atom is 0.315 e. The minimum Gasteiger partial charge on any atom is -0.481 e. The predicted molar refractivity (Wildman–Crippen MR) is 56.3 cm³/mol. The van der Waals surface area contributed by atoms with Gasteiger partial charge in [-0.25, -0.2) is 4.79 Å². The molecule has 2 unspecified atom stereocenters. The first-order valence-corrected chi connectivity index (χ1v) is 4.68. The van der Waals surface area contributed by atoms with Crippen molar-refractivity contribution < 1.29 is 14.7 Å². The summed E-state index contributed by atoms with van der Waals surface area (Å²) in [6, 6.07) is -0.918. The summed E-state index contributed by atoms with van der Waals surface area (Å²) in [7, 11) is 0. The topological polar surface area (TPSA) is 78.4 Å². The van der Waals surface area contributed by atoms with Crippen molar-refractivity contribution in [1.29, 1.82) is 0 Å². The summed E-state index contributed by atoms with van der Waals surface area (Å²) in [5, 5.41) is 13.6. The van der Waals surface area contributed by atoms with E-state index in [0.29, 0.717) is 6.42 Å². The number of carbonyl (C=O) groups excluding carboxylic acids is 1. The Morgan fingerprint density at radius 2 is 1.87 bits per heavy atom. The van der Waals surface area contributed by atoms with Crippen LogP contribution in [0.5, 0.6) is 0 Å². The number of rotatable bonds is 5. The Kier molecular flexibility index (Phi) is 5.95. The molecule has 0 bridgehead atoms. The van der Waals surface area contributed by atoms with Crippen molar-refractivity contribution in [2.45, 2.75) is 38.8 Å². The molecule has 2 atom stereocenters. The number of hydrogen-bond donors (Lipinski definition) is 3. The average Bonchev–Trinajstić information content (AvgIpc) is 2.00. The normalized spacial score (nSPS) is 13.4. The molecule has 3 N–H and O–H groups in total. The summed E-state index contributed by atoms with van der Waals surface area (Å²) in [6.45, 7) is 3.40. The molecule has 0 saturated heterocycles. The zero-order valence-corrected chi connectivity index (χ0v) is 8.91. The van der Waals surface area contributed by atoms with Crippen LogP contribution >= 0.6 is 0 Å². The smallest absolute Gasteiger partial charge is 0.315 e. The first-order valence-electron chi connectivity index (χ1n) is 4.68. The third-order valence-corrected chi connectivity index (χ3v) is 1.66. The van der Waals surface area contributed by atoms with Gasteiger partial charge in [0.25, 0.3) is 0 Å². The first kappa shape index (κ1) is 13.3. The van der Waals surface area contributed by atoms with Crippen LogP contribution in [0.4, 0.5) is 4.79 Å². The van der Waals surface area contributed by atoms with Crippen LogP contribution in [0.1, 0.15) is 26.7 Å². The fraction of sp³-hybridized carbons (Fsp3) is 0.600. The molecular formula is C10H16N2O3. The Morgan fingerprint density at radius 1 is 1.33 bits per heavy atom. The lowest BCUT2D eigenvalue weighted by molar-refractivity contribution is -0.137. The first-order chi connectivity index (χ1) is 6.95. The molecule has 0 spiro atoms. The van der Waals surface area contributed by atoms with Gasteiger partial charge < -0.3 is 15.7 Å². The lowest BCUT2D eigenvalue weighted by Crippen LogP contribution is -2.44. The van der Waals surface area contributed by atoms with Crippen molar-refractivity contribution in [2.24, 2.45) is 0 Å². The van der Waals surface area contributed by atoms with E-state index < -0.39 is 18.0 Å². The van der Waals surface area contributed by atoms with Crippen LogP contribution in [0.3, 0.4) is 0 Å². The van der Waals surface area contributed by atoms with Crippen molar-refractivity contribution in [3.8, 4) is 12.3 Å². The highest BCUT2D eigenvalue weighted by molar-refractivity contribution is 5.75. The quantitative estimate of drug-likeness (QED) is 0.583. The highest BCUT2D eigenvalue weighted by Gasteiger charge is 2.11. The van der Waals surface area contributed by atoms with E-state index >= 15 is 0 Å². The largest absolute Gasteiger partial charge is 0.481 e. The fourth-order valence-electron chi connectivity index (χ4n) is 1.03. The minimum atomic E-state index is -0.945. The number of carboxylic acids is 1. The maximum atomic E-state index is 11.2. The zero-order valence-electron chi connectivity index (χ0n) is 8.91. The summed E-state index contributed by atoms with van der Waals surface area (Å²) in [6.07, 6.45) is 5.42.